The third kappa shape index (κ3) is 6.16. The van der Waals surface area contributed by atoms with E-state index in [4.69, 9.17) is 9.15 Å². The van der Waals surface area contributed by atoms with Gasteiger partial charge in [-0.1, -0.05) is 30.3 Å². The minimum Gasteiger partial charge on any atom is -0.494 e. The van der Waals surface area contributed by atoms with Crippen molar-refractivity contribution in [1.29, 1.82) is 0 Å². The molecule has 0 bridgehead atoms. The van der Waals surface area contributed by atoms with E-state index in [1.165, 1.54) is 22.9 Å². The molecule has 0 amide bonds. The predicted octanol–water partition coefficient (Wildman–Crippen LogP) is 5.09. The Morgan fingerprint density at radius 1 is 1.03 bits per heavy atom. The van der Waals surface area contributed by atoms with E-state index in [-0.39, 0.29) is 4.90 Å². The Balaban J connectivity index is 1.32. The summed E-state index contributed by atoms with van der Waals surface area (Å²) in [6, 6.07) is 12.9. The molecule has 1 aromatic heterocycles. The number of aromatic nitrogens is 2. The second-order valence-corrected chi connectivity index (χ2v) is 11.2. The van der Waals surface area contributed by atoms with Crippen LogP contribution in [0.1, 0.15) is 36.8 Å². The molecule has 9 heteroatoms. The van der Waals surface area contributed by atoms with Crippen molar-refractivity contribution < 1.29 is 17.6 Å². The zero-order valence-corrected chi connectivity index (χ0v) is 20.6. The van der Waals surface area contributed by atoms with Gasteiger partial charge in [0.15, 0.2) is 0 Å². The van der Waals surface area contributed by atoms with Crippen molar-refractivity contribution in [2.45, 2.75) is 49.6 Å². The van der Waals surface area contributed by atoms with Crippen LogP contribution in [-0.4, -0.2) is 48.4 Å². The molecule has 0 unspecified atom stereocenters. The van der Waals surface area contributed by atoms with Gasteiger partial charge >= 0.3 is 0 Å². The summed E-state index contributed by atoms with van der Waals surface area (Å²) in [6.45, 7) is 5.86. The SMILES string of the molecule is Cc1cc(C)cc(OCCCSc2nnc(-c3cccc(S(=O)(=O)N4CCCCC4)c3)o2)c1. The molecule has 3 aromatic rings. The third-order valence-corrected chi connectivity index (χ3v) is 8.22. The van der Waals surface area contributed by atoms with E-state index in [2.05, 4.69) is 30.1 Å². The zero-order chi connectivity index (χ0) is 23.3. The number of sulfonamides is 1. The van der Waals surface area contributed by atoms with Crippen molar-refractivity contribution in [2.75, 3.05) is 25.4 Å². The molecule has 0 saturated carbocycles. The molecule has 2 aromatic carbocycles. The number of hydrogen-bond donors (Lipinski definition) is 0. The van der Waals surface area contributed by atoms with Crippen molar-refractivity contribution in [3.8, 4) is 17.2 Å². The van der Waals surface area contributed by atoms with E-state index in [1.807, 2.05) is 12.1 Å². The van der Waals surface area contributed by atoms with Crippen LogP contribution in [0, 0.1) is 13.8 Å². The topological polar surface area (TPSA) is 85.5 Å². The van der Waals surface area contributed by atoms with Crippen LogP contribution in [0.5, 0.6) is 5.75 Å². The van der Waals surface area contributed by atoms with Gasteiger partial charge in [-0.15, -0.1) is 10.2 Å². The van der Waals surface area contributed by atoms with Crippen molar-refractivity contribution in [3.05, 3.63) is 53.6 Å². The monoisotopic (exact) mass is 487 g/mol. The summed E-state index contributed by atoms with van der Waals surface area (Å²) in [5, 5.41) is 8.67. The van der Waals surface area contributed by atoms with Crippen molar-refractivity contribution in [3.63, 3.8) is 0 Å². The number of thioether (sulfide) groups is 1. The Morgan fingerprint density at radius 3 is 2.55 bits per heavy atom. The Labute approximate surface area is 199 Å². The zero-order valence-electron chi connectivity index (χ0n) is 19.0. The highest BCUT2D eigenvalue weighted by molar-refractivity contribution is 7.99. The maximum Gasteiger partial charge on any atom is 0.276 e. The van der Waals surface area contributed by atoms with Gasteiger partial charge in [0.05, 0.1) is 11.5 Å². The molecule has 7 nitrogen and oxygen atoms in total. The fourth-order valence-corrected chi connectivity index (χ4v) is 6.09. The summed E-state index contributed by atoms with van der Waals surface area (Å²) < 4.78 is 39.1. The number of ether oxygens (including phenoxy) is 1. The summed E-state index contributed by atoms with van der Waals surface area (Å²) in [6.07, 6.45) is 3.71. The number of aryl methyl sites for hydroxylation is 2. The van der Waals surface area contributed by atoms with E-state index in [9.17, 15) is 8.42 Å². The van der Waals surface area contributed by atoms with Gasteiger partial charge in [-0.05, 0) is 74.6 Å². The van der Waals surface area contributed by atoms with Gasteiger partial charge in [0.2, 0.25) is 15.9 Å². The van der Waals surface area contributed by atoms with Crippen LogP contribution < -0.4 is 4.74 Å². The van der Waals surface area contributed by atoms with E-state index >= 15 is 0 Å². The van der Waals surface area contributed by atoms with Gasteiger partial charge < -0.3 is 9.15 Å². The van der Waals surface area contributed by atoms with Crippen LogP contribution >= 0.6 is 11.8 Å². The van der Waals surface area contributed by atoms with E-state index in [0.717, 1.165) is 37.2 Å². The average Bonchev–Trinajstić information content (AvgIpc) is 3.28. The summed E-state index contributed by atoms with van der Waals surface area (Å²) in [4.78, 5) is 0.262. The highest BCUT2D eigenvalue weighted by atomic mass is 32.2. The van der Waals surface area contributed by atoms with Gasteiger partial charge in [0, 0.05) is 24.4 Å². The molecule has 1 fully saturated rings. The highest BCUT2D eigenvalue weighted by Crippen LogP contribution is 2.27. The Hall–Kier alpha value is -2.36. The molecular formula is C24H29N3O4S2. The molecule has 0 aliphatic carbocycles. The first kappa shape index (κ1) is 23.8. The Bertz CT molecular complexity index is 1170. The maximum atomic E-state index is 13.0. The highest BCUT2D eigenvalue weighted by Gasteiger charge is 2.26. The van der Waals surface area contributed by atoms with Crippen LogP contribution in [0.2, 0.25) is 0 Å². The number of nitrogens with zero attached hydrogens (tertiary/aromatic N) is 3. The molecule has 0 N–H and O–H groups in total. The molecule has 4 rings (SSSR count). The van der Waals surface area contributed by atoms with Gasteiger partial charge in [-0.3, -0.25) is 0 Å². The number of piperidine rings is 1. The van der Waals surface area contributed by atoms with Crippen LogP contribution in [0.3, 0.4) is 0 Å². The van der Waals surface area contributed by atoms with Gasteiger partial charge in [-0.25, -0.2) is 8.42 Å². The summed E-state index contributed by atoms with van der Waals surface area (Å²) in [5.41, 5.74) is 2.97. The fraction of sp³-hybridized carbons (Fsp3) is 0.417. The van der Waals surface area contributed by atoms with Gasteiger partial charge in [0.25, 0.3) is 5.22 Å². The molecule has 0 spiro atoms. The van der Waals surface area contributed by atoms with Gasteiger partial charge in [0.1, 0.15) is 5.75 Å². The first-order valence-corrected chi connectivity index (χ1v) is 13.6. The second kappa shape index (κ2) is 10.7. The summed E-state index contributed by atoms with van der Waals surface area (Å²) >= 11 is 1.46. The lowest BCUT2D eigenvalue weighted by Gasteiger charge is -2.25. The maximum absolute atomic E-state index is 13.0. The van der Waals surface area contributed by atoms with Crippen molar-refractivity contribution in [1.82, 2.24) is 14.5 Å². The molecule has 0 radical (unpaired) electrons. The van der Waals surface area contributed by atoms with Crippen LogP contribution in [0.4, 0.5) is 0 Å². The number of hydrogen-bond acceptors (Lipinski definition) is 7. The summed E-state index contributed by atoms with van der Waals surface area (Å²) in [5.74, 6) is 1.98. The van der Waals surface area contributed by atoms with Crippen LogP contribution in [0.25, 0.3) is 11.5 Å². The molecule has 176 valence electrons. The lowest BCUT2D eigenvalue weighted by atomic mass is 10.1. The second-order valence-electron chi connectivity index (χ2n) is 8.24. The first-order valence-electron chi connectivity index (χ1n) is 11.2. The number of rotatable bonds is 9. The fourth-order valence-electron chi connectivity index (χ4n) is 3.85. The largest absolute Gasteiger partial charge is 0.494 e. The normalized spacial score (nSPS) is 15.0. The van der Waals surface area contributed by atoms with Crippen molar-refractivity contribution >= 4 is 21.8 Å². The predicted molar refractivity (Wildman–Crippen MR) is 129 cm³/mol. The molecule has 1 aliphatic rings. The minimum atomic E-state index is -3.51. The smallest absolute Gasteiger partial charge is 0.276 e. The summed E-state index contributed by atoms with van der Waals surface area (Å²) in [7, 11) is -3.51. The molecule has 1 saturated heterocycles. The first-order chi connectivity index (χ1) is 15.9. The van der Waals surface area contributed by atoms with Gasteiger partial charge in [-0.2, -0.15) is 4.31 Å². The van der Waals surface area contributed by atoms with Crippen LogP contribution in [-0.2, 0) is 10.0 Å². The van der Waals surface area contributed by atoms with E-state index < -0.39 is 10.0 Å². The minimum absolute atomic E-state index is 0.262. The van der Waals surface area contributed by atoms with E-state index in [0.29, 0.717) is 36.4 Å². The van der Waals surface area contributed by atoms with Crippen LogP contribution in [0.15, 0.2) is 57.0 Å². The Kier molecular flexibility index (Phi) is 7.72. The molecule has 2 heterocycles. The molecular weight excluding hydrogens is 458 g/mol. The standard InChI is InChI=1S/C24H29N3O4S2/c1-18-14-19(2)16-21(15-18)30-12-7-13-32-24-26-25-23(31-24)20-8-6-9-22(17-20)33(28,29)27-10-4-3-5-11-27/h6,8-9,14-17H,3-5,7,10-13H2,1-2H3. The lowest BCUT2D eigenvalue weighted by molar-refractivity contribution is 0.318. The molecule has 33 heavy (non-hydrogen) atoms. The third-order valence-electron chi connectivity index (χ3n) is 5.42. The number of benzene rings is 2. The van der Waals surface area contributed by atoms with Crippen molar-refractivity contribution in [2.24, 2.45) is 0 Å². The lowest BCUT2D eigenvalue weighted by Crippen LogP contribution is -2.35. The Morgan fingerprint density at radius 2 is 1.79 bits per heavy atom. The quantitative estimate of drug-likeness (QED) is 0.307. The van der Waals surface area contributed by atoms with E-state index in [1.54, 1.807) is 28.6 Å². The molecule has 0 atom stereocenters. The average molecular weight is 488 g/mol. The molecule has 1 aliphatic heterocycles.